The number of hydrogen-bond acceptors (Lipinski definition) is 3. The van der Waals surface area contributed by atoms with E-state index in [9.17, 15) is 0 Å². The fourth-order valence-corrected chi connectivity index (χ4v) is 0.741. The zero-order valence-corrected chi connectivity index (χ0v) is 6.04. The van der Waals surface area contributed by atoms with Gasteiger partial charge in [-0.05, 0) is 7.05 Å². The maximum absolute atomic E-state index is 5.40. The van der Waals surface area contributed by atoms with Crippen molar-refractivity contribution in [3.63, 3.8) is 0 Å². The van der Waals surface area contributed by atoms with Gasteiger partial charge in [0.15, 0.2) is 0 Å². The summed E-state index contributed by atoms with van der Waals surface area (Å²) >= 11 is 0. The molecule has 0 fully saturated rings. The molecule has 0 radical (unpaired) electrons. The predicted molar refractivity (Wildman–Crippen MR) is 40.6 cm³/mol. The predicted octanol–water partition coefficient (Wildman–Crippen LogP) is -0.315. The summed E-state index contributed by atoms with van der Waals surface area (Å²) in [6.07, 6.45) is 3.55. The summed E-state index contributed by atoms with van der Waals surface area (Å²) in [5.41, 5.74) is 5.40. The monoisotopic (exact) mass is 140 g/mol. The average Bonchev–Trinajstić information content (AvgIpc) is 2.31. The minimum Gasteiger partial charge on any atom is -0.382 e. The van der Waals surface area contributed by atoms with Crippen LogP contribution in [-0.2, 0) is 6.54 Å². The Morgan fingerprint density at radius 2 is 2.60 bits per heavy atom. The van der Waals surface area contributed by atoms with Crippen LogP contribution in [0.4, 0.5) is 5.82 Å². The van der Waals surface area contributed by atoms with Crippen molar-refractivity contribution in [3.8, 4) is 0 Å². The molecule has 1 heterocycles. The number of nitrogens with one attached hydrogen (secondary N) is 1. The highest BCUT2D eigenvalue weighted by Gasteiger charge is 1.90. The number of hydrogen-bond donors (Lipinski definition) is 2. The van der Waals surface area contributed by atoms with Crippen LogP contribution in [0.3, 0.4) is 0 Å². The molecule has 1 aromatic rings. The summed E-state index contributed by atoms with van der Waals surface area (Å²) in [6, 6.07) is 0. The van der Waals surface area contributed by atoms with Crippen LogP contribution >= 0.6 is 0 Å². The van der Waals surface area contributed by atoms with E-state index < -0.39 is 0 Å². The SMILES string of the molecule is CNCCn1cnc(N)c1. The summed E-state index contributed by atoms with van der Waals surface area (Å²) < 4.78 is 1.95. The molecule has 56 valence electrons. The molecule has 4 heteroatoms. The molecule has 0 saturated carbocycles. The van der Waals surface area contributed by atoms with Crippen molar-refractivity contribution in [3.05, 3.63) is 12.5 Å². The first-order valence-corrected chi connectivity index (χ1v) is 3.25. The molecule has 0 aliphatic rings. The molecule has 0 aliphatic heterocycles. The second-order valence-electron chi connectivity index (χ2n) is 2.14. The average molecular weight is 140 g/mol. The fourth-order valence-electron chi connectivity index (χ4n) is 0.741. The highest BCUT2D eigenvalue weighted by Crippen LogP contribution is 1.94. The zero-order chi connectivity index (χ0) is 7.40. The van der Waals surface area contributed by atoms with Gasteiger partial charge >= 0.3 is 0 Å². The molecular formula is C6H12N4. The number of nitrogen functional groups attached to an aromatic ring is 1. The van der Waals surface area contributed by atoms with Crippen molar-refractivity contribution >= 4 is 5.82 Å². The molecule has 1 rings (SSSR count). The molecule has 3 N–H and O–H groups in total. The van der Waals surface area contributed by atoms with E-state index in [1.54, 1.807) is 6.33 Å². The van der Waals surface area contributed by atoms with Crippen molar-refractivity contribution in [2.75, 3.05) is 19.3 Å². The lowest BCUT2D eigenvalue weighted by atomic mass is 10.6. The number of nitrogens with zero attached hydrogens (tertiary/aromatic N) is 2. The molecule has 0 aromatic carbocycles. The van der Waals surface area contributed by atoms with Crippen LogP contribution in [-0.4, -0.2) is 23.1 Å². The van der Waals surface area contributed by atoms with Gasteiger partial charge in [-0.25, -0.2) is 4.98 Å². The van der Waals surface area contributed by atoms with Gasteiger partial charge in [-0.1, -0.05) is 0 Å². The maximum Gasteiger partial charge on any atom is 0.141 e. The van der Waals surface area contributed by atoms with Crippen LogP contribution < -0.4 is 11.1 Å². The topological polar surface area (TPSA) is 55.9 Å². The van der Waals surface area contributed by atoms with Crippen molar-refractivity contribution in [1.82, 2.24) is 14.9 Å². The first kappa shape index (κ1) is 7.08. The molecule has 0 spiro atoms. The van der Waals surface area contributed by atoms with Crippen molar-refractivity contribution in [2.45, 2.75) is 6.54 Å². The van der Waals surface area contributed by atoms with Crippen molar-refractivity contribution in [1.29, 1.82) is 0 Å². The number of aromatic nitrogens is 2. The van der Waals surface area contributed by atoms with E-state index in [1.807, 2.05) is 17.8 Å². The molecule has 0 aliphatic carbocycles. The molecule has 0 atom stereocenters. The standard InChI is InChI=1S/C6H12N4/c1-8-2-3-10-4-6(7)9-5-10/h4-5,8H,2-3,7H2,1H3. The van der Waals surface area contributed by atoms with Gasteiger partial charge in [0.25, 0.3) is 0 Å². The van der Waals surface area contributed by atoms with Gasteiger partial charge in [-0.15, -0.1) is 0 Å². The Hall–Kier alpha value is -1.03. The van der Waals surface area contributed by atoms with Crippen molar-refractivity contribution < 1.29 is 0 Å². The van der Waals surface area contributed by atoms with E-state index in [-0.39, 0.29) is 0 Å². The molecule has 1 aromatic heterocycles. The fraction of sp³-hybridized carbons (Fsp3) is 0.500. The van der Waals surface area contributed by atoms with Gasteiger partial charge in [0.1, 0.15) is 5.82 Å². The zero-order valence-electron chi connectivity index (χ0n) is 6.04. The Labute approximate surface area is 60.1 Å². The smallest absolute Gasteiger partial charge is 0.141 e. The van der Waals surface area contributed by atoms with Crippen LogP contribution in [0, 0.1) is 0 Å². The summed E-state index contributed by atoms with van der Waals surface area (Å²) in [5, 5.41) is 3.04. The summed E-state index contributed by atoms with van der Waals surface area (Å²) in [5.74, 6) is 0.580. The van der Waals surface area contributed by atoms with Gasteiger partial charge in [-0.3, -0.25) is 0 Å². The highest BCUT2D eigenvalue weighted by atomic mass is 15.1. The van der Waals surface area contributed by atoms with Gasteiger partial charge in [-0.2, -0.15) is 0 Å². The van der Waals surface area contributed by atoms with E-state index in [0.717, 1.165) is 13.1 Å². The van der Waals surface area contributed by atoms with Crippen LogP contribution in [0.5, 0.6) is 0 Å². The second kappa shape index (κ2) is 3.22. The minimum absolute atomic E-state index is 0.580. The Kier molecular flexibility index (Phi) is 2.28. The second-order valence-corrected chi connectivity index (χ2v) is 2.14. The lowest BCUT2D eigenvalue weighted by Gasteiger charge is -1.98. The van der Waals surface area contributed by atoms with E-state index in [1.165, 1.54) is 0 Å². The molecule has 0 amide bonds. The Balaban J connectivity index is 2.42. The molecule has 0 bridgehead atoms. The Morgan fingerprint density at radius 3 is 3.10 bits per heavy atom. The maximum atomic E-state index is 5.40. The third-order valence-corrected chi connectivity index (χ3v) is 1.27. The quantitative estimate of drug-likeness (QED) is 0.605. The number of imidazole rings is 1. The minimum atomic E-state index is 0.580. The Morgan fingerprint density at radius 1 is 1.80 bits per heavy atom. The number of nitrogens with two attached hydrogens (primary N) is 1. The Bertz CT molecular complexity index is 193. The van der Waals surface area contributed by atoms with E-state index in [2.05, 4.69) is 10.3 Å². The summed E-state index contributed by atoms with van der Waals surface area (Å²) in [7, 11) is 1.92. The van der Waals surface area contributed by atoms with Crippen LogP contribution in [0.25, 0.3) is 0 Å². The lowest BCUT2D eigenvalue weighted by Crippen LogP contribution is -2.13. The first-order chi connectivity index (χ1) is 4.83. The lowest BCUT2D eigenvalue weighted by molar-refractivity contribution is 0.644. The summed E-state index contributed by atoms with van der Waals surface area (Å²) in [6.45, 7) is 1.86. The number of rotatable bonds is 3. The van der Waals surface area contributed by atoms with Gasteiger partial charge in [0, 0.05) is 19.3 Å². The van der Waals surface area contributed by atoms with Crippen LogP contribution in [0.2, 0.25) is 0 Å². The number of anilines is 1. The van der Waals surface area contributed by atoms with Crippen LogP contribution in [0.15, 0.2) is 12.5 Å². The normalized spacial score (nSPS) is 10.1. The molecule has 0 unspecified atom stereocenters. The highest BCUT2D eigenvalue weighted by molar-refractivity contribution is 5.22. The molecule has 0 saturated heterocycles. The molecular weight excluding hydrogens is 128 g/mol. The molecule has 10 heavy (non-hydrogen) atoms. The third-order valence-electron chi connectivity index (χ3n) is 1.27. The number of likely N-dealkylation sites (N-methyl/N-ethyl adjacent to an activating group) is 1. The van der Waals surface area contributed by atoms with E-state index in [4.69, 9.17) is 5.73 Å². The van der Waals surface area contributed by atoms with Gasteiger partial charge in [0.05, 0.1) is 6.33 Å². The van der Waals surface area contributed by atoms with Gasteiger partial charge < -0.3 is 15.6 Å². The van der Waals surface area contributed by atoms with Crippen molar-refractivity contribution in [2.24, 2.45) is 0 Å². The first-order valence-electron chi connectivity index (χ1n) is 3.25. The summed E-state index contributed by atoms with van der Waals surface area (Å²) in [4.78, 5) is 3.88. The van der Waals surface area contributed by atoms with E-state index >= 15 is 0 Å². The largest absolute Gasteiger partial charge is 0.382 e. The van der Waals surface area contributed by atoms with Crippen LogP contribution in [0.1, 0.15) is 0 Å². The third kappa shape index (κ3) is 1.73. The van der Waals surface area contributed by atoms with Gasteiger partial charge in [0.2, 0.25) is 0 Å². The molecule has 4 nitrogen and oxygen atoms in total. The van der Waals surface area contributed by atoms with E-state index in [0.29, 0.717) is 5.82 Å².